The third-order valence-electron chi connectivity index (χ3n) is 17.2. The summed E-state index contributed by atoms with van der Waals surface area (Å²) in [5, 5.41) is 83.0. The van der Waals surface area contributed by atoms with Crippen LogP contribution in [0.25, 0.3) is 0 Å². The fourth-order valence-corrected chi connectivity index (χ4v) is 13.4. The Labute approximate surface area is 337 Å². The molecule has 0 spiro atoms. The number of fused-ring (bicyclic) bond motifs is 7. The van der Waals surface area contributed by atoms with Gasteiger partial charge in [-0.2, -0.15) is 0 Å². The van der Waals surface area contributed by atoms with Crippen LogP contribution in [0.2, 0.25) is 0 Å². The molecular weight excluding hydrogens is 760 g/mol. The Morgan fingerprint density at radius 1 is 0.690 bits per heavy atom. The first-order valence-electron chi connectivity index (χ1n) is 20.7. The first-order valence-corrected chi connectivity index (χ1v) is 20.7. The number of hydrogen-bond acceptors (Lipinski definition) is 13. The molecule has 0 unspecified atom stereocenters. The highest BCUT2D eigenvalue weighted by atomic mass is 16.8. The summed E-state index contributed by atoms with van der Waals surface area (Å²) in [6.07, 6.45) is -12.2. The van der Waals surface area contributed by atoms with Crippen LogP contribution in [0.3, 0.4) is 0 Å². The first-order chi connectivity index (χ1) is 26.8. The maximum Gasteiger partial charge on any atom is 0.335 e. The van der Waals surface area contributed by atoms with Crippen LogP contribution < -0.4 is 0 Å². The monoisotopic (exact) mass is 822 g/mol. The highest BCUT2D eigenvalue weighted by Crippen LogP contribution is 2.75. The molecule has 0 aromatic carbocycles. The van der Waals surface area contributed by atoms with Crippen LogP contribution in [-0.2, 0) is 38.1 Å². The molecule has 19 atom stereocenters. The van der Waals surface area contributed by atoms with Crippen molar-refractivity contribution < 1.29 is 79.0 Å². The molecule has 0 amide bonds. The van der Waals surface area contributed by atoms with E-state index in [1.807, 2.05) is 26.8 Å². The van der Waals surface area contributed by atoms with Gasteiger partial charge in [0.2, 0.25) is 0 Å². The van der Waals surface area contributed by atoms with Crippen molar-refractivity contribution in [1.82, 2.24) is 0 Å². The van der Waals surface area contributed by atoms with Crippen molar-refractivity contribution in [1.29, 1.82) is 0 Å². The molecule has 0 aromatic rings. The molecule has 2 saturated heterocycles. The zero-order valence-electron chi connectivity index (χ0n) is 34.4. The maximum atomic E-state index is 14.8. The minimum atomic E-state index is -2.05. The number of aliphatic hydroxyl groups excluding tert-OH is 5. The molecule has 326 valence electrons. The van der Waals surface area contributed by atoms with Gasteiger partial charge in [-0.05, 0) is 110 Å². The number of ether oxygens (including phenoxy) is 4. The summed E-state index contributed by atoms with van der Waals surface area (Å²) in [6, 6.07) is 0. The van der Waals surface area contributed by atoms with Crippen molar-refractivity contribution in [2.75, 3.05) is 0 Å². The van der Waals surface area contributed by atoms with E-state index in [0.29, 0.717) is 25.7 Å². The van der Waals surface area contributed by atoms with Gasteiger partial charge in [-0.15, -0.1) is 0 Å². The summed E-state index contributed by atoms with van der Waals surface area (Å²) >= 11 is 0. The standard InChI is InChI=1S/C42H62O16/c1-37(2)21-8-11-42(7)31(20(43)16-18-19-17-39(4,36(53)54)13-12-38(19,3)14-15-41(18,42)6)40(21,5)10-9-22(37)55-35-30(26(47)25(46)29(57-35)33(51)52)58-34-27(48)23(44)24(45)28(56-34)32(49)50/h16,19,21-31,34-35,44-48H,8-15,17H2,1-7H3,(H,49,50)(H,51,52)(H,53,54)/t19-,21-,22-,23-,24-,25-,26-,27+,28-,29+,30+,31+,34-,35-,38+,39-,40-,41+,42+/m0/s1. The Balaban J connectivity index is 1.17. The highest BCUT2D eigenvalue weighted by Gasteiger charge is 2.71. The van der Waals surface area contributed by atoms with Crippen molar-refractivity contribution in [2.24, 2.45) is 50.2 Å². The minimum absolute atomic E-state index is 0.0217. The van der Waals surface area contributed by atoms with Gasteiger partial charge in [-0.3, -0.25) is 9.59 Å². The third kappa shape index (κ3) is 6.25. The lowest BCUT2D eigenvalue weighted by Gasteiger charge is -2.70. The number of aliphatic carboxylic acids is 3. The van der Waals surface area contributed by atoms with Crippen LogP contribution >= 0.6 is 0 Å². The molecule has 16 nitrogen and oxygen atoms in total. The number of carboxylic acid groups (broad SMARTS) is 3. The molecule has 16 heteroatoms. The molecule has 0 aromatic heterocycles. The van der Waals surface area contributed by atoms with Crippen molar-refractivity contribution in [3.63, 3.8) is 0 Å². The number of allylic oxidation sites excluding steroid dienone is 2. The SMILES string of the molecule is CC1(C)[C@@H](O[C@H]2O[C@@H](C(=O)O)[C@@H](O)[C@H](O)[C@H]2O[C@@H]2O[C@H](C(=O)O)[C@@H](O)[C@H](O)[C@H]2O)CC[C@]2(C)[C@H]3C(=O)C=C4[C@@H]5C[C@@](C)(C(=O)O)CC[C@]5(C)CC[C@@]4(C)[C@]3(C)CC[C@@H]12. The average Bonchev–Trinajstić information content (AvgIpc) is 3.13. The number of hydrogen-bond donors (Lipinski definition) is 8. The number of carbonyl (C=O) groups excluding carboxylic acids is 1. The normalized spacial score (nSPS) is 52.6. The molecule has 6 fully saturated rings. The largest absolute Gasteiger partial charge is 0.481 e. The van der Waals surface area contributed by atoms with Gasteiger partial charge in [-0.25, -0.2) is 9.59 Å². The first kappa shape index (κ1) is 43.5. The molecule has 4 saturated carbocycles. The topological polar surface area (TPSA) is 267 Å². The molecule has 7 aliphatic rings. The second-order valence-corrected chi connectivity index (χ2v) is 20.6. The second kappa shape index (κ2) is 14.3. The summed E-state index contributed by atoms with van der Waals surface area (Å²) in [6.45, 7) is 14.8. The maximum absolute atomic E-state index is 14.8. The van der Waals surface area contributed by atoms with Crippen LogP contribution in [0.4, 0.5) is 0 Å². The lowest BCUT2D eigenvalue weighted by Crippen LogP contribution is -2.68. The molecule has 0 radical (unpaired) electrons. The molecule has 2 heterocycles. The fourth-order valence-electron chi connectivity index (χ4n) is 13.4. The quantitative estimate of drug-likeness (QED) is 0.171. The molecule has 7 rings (SSSR count). The van der Waals surface area contributed by atoms with Gasteiger partial charge in [0.1, 0.15) is 36.6 Å². The Morgan fingerprint density at radius 3 is 1.88 bits per heavy atom. The van der Waals surface area contributed by atoms with Crippen LogP contribution in [0, 0.1) is 50.2 Å². The Hall–Kier alpha value is -2.54. The third-order valence-corrected chi connectivity index (χ3v) is 17.2. The van der Waals surface area contributed by atoms with E-state index in [4.69, 9.17) is 18.9 Å². The smallest absolute Gasteiger partial charge is 0.335 e. The molecule has 8 N–H and O–H groups in total. The Kier molecular flexibility index (Phi) is 10.7. The number of carboxylic acids is 3. The lowest BCUT2D eigenvalue weighted by molar-refractivity contribution is -0.371. The second-order valence-electron chi connectivity index (χ2n) is 20.6. The van der Waals surface area contributed by atoms with Gasteiger partial charge in [0.15, 0.2) is 30.6 Å². The summed E-state index contributed by atoms with van der Waals surface area (Å²) in [5.41, 5.74) is -1.81. The van der Waals surface area contributed by atoms with Crippen molar-refractivity contribution in [2.45, 2.75) is 174 Å². The van der Waals surface area contributed by atoms with Crippen LogP contribution in [0.15, 0.2) is 11.6 Å². The average molecular weight is 823 g/mol. The molecule has 0 bridgehead atoms. The summed E-state index contributed by atoms with van der Waals surface area (Å²) in [4.78, 5) is 51.3. The number of carbonyl (C=O) groups is 4. The van der Waals surface area contributed by atoms with Crippen molar-refractivity contribution >= 4 is 23.7 Å². The van der Waals surface area contributed by atoms with Crippen molar-refractivity contribution in [3.8, 4) is 0 Å². The molecule has 2 aliphatic heterocycles. The van der Waals surface area contributed by atoms with Crippen molar-refractivity contribution in [3.05, 3.63) is 11.6 Å². The molecule has 58 heavy (non-hydrogen) atoms. The van der Waals surface area contributed by atoms with Gasteiger partial charge in [0.25, 0.3) is 0 Å². The van der Waals surface area contributed by atoms with Gasteiger partial charge in [0, 0.05) is 5.92 Å². The lowest BCUT2D eigenvalue weighted by atomic mass is 9.33. The summed E-state index contributed by atoms with van der Waals surface area (Å²) in [5.74, 6) is -4.47. The Bertz CT molecular complexity index is 1730. The van der Waals surface area contributed by atoms with Crippen LogP contribution in [0.1, 0.15) is 106 Å². The van der Waals surface area contributed by atoms with E-state index in [-0.39, 0.29) is 34.4 Å². The predicted octanol–water partition coefficient (Wildman–Crippen LogP) is 2.25. The summed E-state index contributed by atoms with van der Waals surface area (Å²) in [7, 11) is 0. The summed E-state index contributed by atoms with van der Waals surface area (Å²) < 4.78 is 23.4. The highest BCUT2D eigenvalue weighted by molar-refractivity contribution is 5.95. The van der Waals surface area contributed by atoms with Gasteiger partial charge in [-0.1, -0.05) is 47.1 Å². The van der Waals surface area contributed by atoms with E-state index in [1.165, 1.54) is 0 Å². The van der Waals surface area contributed by atoms with Crippen LogP contribution in [0.5, 0.6) is 0 Å². The molecule has 5 aliphatic carbocycles. The van der Waals surface area contributed by atoms with E-state index in [9.17, 15) is 60.0 Å². The van der Waals surface area contributed by atoms with E-state index < -0.39 is 107 Å². The number of aliphatic hydroxyl groups is 5. The van der Waals surface area contributed by atoms with E-state index >= 15 is 0 Å². The minimum Gasteiger partial charge on any atom is -0.481 e. The molecular formula is C42H62O16. The Morgan fingerprint density at radius 2 is 1.28 bits per heavy atom. The van der Waals surface area contributed by atoms with E-state index in [0.717, 1.165) is 37.7 Å². The fraction of sp³-hybridized carbons (Fsp3) is 0.857. The zero-order valence-corrected chi connectivity index (χ0v) is 34.4. The van der Waals surface area contributed by atoms with E-state index in [1.54, 1.807) is 0 Å². The van der Waals surface area contributed by atoms with Crippen LogP contribution in [-0.4, -0.2) is 132 Å². The van der Waals surface area contributed by atoms with Gasteiger partial charge in [0.05, 0.1) is 11.5 Å². The zero-order chi connectivity index (χ0) is 42.9. The number of ketones is 1. The number of rotatable bonds is 7. The van der Waals surface area contributed by atoms with Gasteiger partial charge < -0.3 is 59.8 Å². The predicted molar refractivity (Wildman–Crippen MR) is 199 cm³/mol. The van der Waals surface area contributed by atoms with E-state index in [2.05, 4.69) is 27.7 Å². The van der Waals surface area contributed by atoms with Gasteiger partial charge >= 0.3 is 17.9 Å².